The van der Waals surface area contributed by atoms with E-state index < -0.39 is 0 Å². The summed E-state index contributed by atoms with van der Waals surface area (Å²) in [5.74, 6) is 2.58. The Hall–Kier alpha value is -1.52. The maximum Gasteiger partial charge on any atom is 0.191 e. The zero-order valence-electron chi connectivity index (χ0n) is 19.1. The second-order valence-corrected chi connectivity index (χ2v) is 9.53. The number of piperidine rings is 1. The Bertz CT molecular complexity index is 839. The van der Waals surface area contributed by atoms with Crippen LogP contribution >= 0.6 is 35.3 Å². The molecular formula is C24H36IN5OS. The van der Waals surface area contributed by atoms with Crippen molar-refractivity contribution in [2.24, 2.45) is 10.9 Å². The molecule has 4 rings (SSSR count). The molecule has 2 saturated heterocycles. The molecule has 2 fully saturated rings. The summed E-state index contributed by atoms with van der Waals surface area (Å²) in [6.07, 6.45) is 3.60. The molecule has 0 aliphatic carbocycles. The lowest BCUT2D eigenvalue weighted by Crippen LogP contribution is -2.47. The molecule has 176 valence electrons. The fraction of sp³-hybridized carbons (Fsp3) is 0.542. The summed E-state index contributed by atoms with van der Waals surface area (Å²) >= 11 is 1.86. The monoisotopic (exact) mass is 569 g/mol. The topological polar surface area (TPSA) is 52.1 Å². The first-order chi connectivity index (χ1) is 15.2. The number of likely N-dealkylation sites (tertiary alicyclic amines) is 1. The molecule has 0 radical (unpaired) electrons. The molecule has 2 N–H and O–H groups in total. The van der Waals surface area contributed by atoms with Crippen LogP contribution in [0, 0.1) is 5.92 Å². The van der Waals surface area contributed by atoms with E-state index in [0.717, 1.165) is 44.3 Å². The number of hydrogen-bond donors (Lipinski definition) is 2. The van der Waals surface area contributed by atoms with E-state index in [0.29, 0.717) is 12.0 Å². The van der Waals surface area contributed by atoms with Crippen LogP contribution in [0.3, 0.4) is 0 Å². The van der Waals surface area contributed by atoms with E-state index in [1.807, 2.05) is 30.5 Å². The van der Waals surface area contributed by atoms with Crippen LogP contribution in [0.4, 0.5) is 5.69 Å². The van der Waals surface area contributed by atoms with Gasteiger partial charge in [-0.3, -0.25) is 9.89 Å². The molecule has 32 heavy (non-hydrogen) atoms. The molecule has 0 saturated carbocycles. The van der Waals surface area contributed by atoms with Gasteiger partial charge in [0.25, 0.3) is 0 Å². The average Bonchev–Trinajstić information content (AvgIpc) is 3.50. The highest BCUT2D eigenvalue weighted by Crippen LogP contribution is 2.30. The van der Waals surface area contributed by atoms with Crippen molar-refractivity contribution in [3.8, 4) is 5.75 Å². The molecule has 2 aliphatic heterocycles. The third-order valence-electron chi connectivity index (χ3n) is 6.40. The highest BCUT2D eigenvalue weighted by Gasteiger charge is 2.26. The number of anilines is 1. The van der Waals surface area contributed by atoms with Gasteiger partial charge in [-0.05, 0) is 61.8 Å². The highest BCUT2D eigenvalue weighted by atomic mass is 127. The highest BCUT2D eigenvalue weighted by molar-refractivity contribution is 14.0. The number of thiophene rings is 1. The van der Waals surface area contributed by atoms with E-state index in [4.69, 9.17) is 4.74 Å². The fourth-order valence-electron chi connectivity index (χ4n) is 4.59. The van der Waals surface area contributed by atoms with Crippen LogP contribution in [0.5, 0.6) is 5.75 Å². The summed E-state index contributed by atoms with van der Waals surface area (Å²) < 4.78 is 5.54. The first-order valence-corrected chi connectivity index (χ1v) is 12.2. The van der Waals surface area contributed by atoms with Crippen LogP contribution < -0.4 is 20.3 Å². The third-order valence-corrected chi connectivity index (χ3v) is 7.26. The van der Waals surface area contributed by atoms with Crippen molar-refractivity contribution in [3.05, 3.63) is 46.7 Å². The molecule has 0 spiro atoms. The lowest BCUT2D eigenvalue weighted by atomic mass is 9.97. The standard InChI is InChI=1S/C24H35N5OS.HI/c1-25-24(26-16-19-9-12-28(13-10-19)18-21-6-5-15-31-21)27-20-11-14-29(17-20)22-7-3-4-8-23(22)30-2;/h3-8,15,19-20H,9-14,16-18H2,1-2H3,(H2,25,26,27);1H. The van der Waals surface area contributed by atoms with Crippen molar-refractivity contribution in [1.29, 1.82) is 0 Å². The molecule has 6 nitrogen and oxygen atoms in total. The average molecular weight is 570 g/mol. The largest absolute Gasteiger partial charge is 0.495 e. The van der Waals surface area contributed by atoms with E-state index in [2.05, 4.69) is 55.1 Å². The van der Waals surface area contributed by atoms with Gasteiger partial charge in [-0.25, -0.2) is 0 Å². The number of rotatable bonds is 7. The number of hydrogen-bond acceptors (Lipinski definition) is 5. The lowest BCUT2D eigenvalue weighted by Gasteiger charge is -2.32. The smallest absolute Gasteiger partial charge is 0.191 e. The number of halogens is 1. The van der Waals surface area contributed by atoms with E-state index in [9.17, 15) is 0 Å². The van der Waals surface area contributed by atoms with Crippen molar-refractivity contribution >= 4 is 47.0 Å². The molecule has 1 unspecified atom stereocenters. The van der Waals surface area contributed by atoms with Crippen LogP contribution in [0.15, 0.2) is 46.8 Å². The maximum atomic E-state index is 5.54. The number of guanidine groups is 1. The van der Waals surface area contributed by atoms with E-state index in [-0.39, 0.29) is 24.0 Å². The first kappa shape index (κ1) is 25.1. The molecule has 2 aromatic rings. The van der Waals surface area contributed by atoms with Gasteiger partial charge in [0.1, 0.15) is 5.75 Å². The molecular weight excluding hydrogens is 533 g/mol. The van der Waals surface area contributed by atoms with E-state index in [1.165, 1.54) is 36.5 Å². The molecule has 1 aromatic heterocycles. The van der Waals surface area contributed by atoms with Gasteiger partial charge in [0.05, 0.1) is 12.8 Å². The Morgan fingerprint density at radius 1 is 1.12 bits per heavy atom. The van der Waals surface area contributed by atoms with Gasteiger partial charge < -0.3 is 20.3 Å². The molecule has 0 amide bonds. The van der Waals surface area contributed by atoms with Gasteiger partial charge >= 0.3 is 0 Å². The minimum atomic E-state index is 0. The quantitative estimate of drug-likeness (QED) is 0.300. The predicted molar refractivity (Wildman–Crippen MR) is 146 cm³/mol. The normalized spacial score (nSPS) is 20.1. The number of para-hydroxylation sites is 2. The van der Waals surface area contributed by atoms with E-state index >= 15 is 0 Å². The summed E-state index contributed by atoms with van der Waals surface area (Å²) in [7, 11) is 3.61. The number of aliphatic imine (C=N–C) groups is 1. The van der Waals surface area contributed by atoms with Crippen LogP contribution in [-0.2, 0) is 6.54 Å². The Balaban J connectivity index is 0.00000289. The van der Waals surface area contributed by atoms with E-state index in [1.54, 1.807) is 7.11 Å². The predicted octanol–water partition coefficient (Wildman–Crippen LogP) is 4.03. The van der Waals surface area contributed by atoms with Crippen molar-refractivity contribution in [2.45, 2.75) is 31.8 Å². The summed E-state index contributed by atoms with van der Waals surface area (Å²) in [5, 5.41) is 9.38. The minimum absolute atomic E-state index is 0. The summed E-state index contributed by atoms with van der Waals surface area (Å²) in [4.78, 5) is 10.9. The lowest BCUT2D eigenvalue weighted by molar-refractivity contribution is 0.179. The first-order valence-electron chi connectivity index (χ1n) is 11.3. The van der Waals surface area contributed by atoms with Gasteiger partial charge in [-0.15, -0.1) is 35.3 Å². The van der Waals surface area contributed by atoms with Gasteiger partial charge in [-0.1, -0.05) is 18.2 Å². The Morgan fingerprint density at radius 3 is 2.66 bits per heavy atom. The van der Waals surface area contributed by atoms with Crippen LogP contribution in [0.1, 0.15) is 24.1 Å². The van der Waals surface area contributed by atoms with Crippen molar-refractivity contribution < 1.29 is 4.74 Å². The Kier molecular flexibility index (Phi) is 9.92. The van der Waals surface area contributed by atoms with Crippen LogP contribution in [0.2, 0.25) is 0 Å². The zero-order chi connectivity index (χ0) is 21.5. The van der Waals surface area contributed by atoms with Crippen molar-refractivity contribution in [2.75, 3.05) is 51.8 Å². The molecule has 0 bridgehead atoms. The van der Waals surface area contributed by atoms with Gasteiger partial charge in [0.15, 0.2) is 5.96 Å². The SMILES string of the molecule is CN=C(NCC1CCN(Cc2cccs2)CC1)NC1CCN(c2ccccc2OC)C1.I. The van der Waals surface area contributed by atoms with Crippen molar-refractivity contribution in [1.82, 2.24) is 15.5 Å². The molecule has 2 aliphatic rings. The van der Waals surface area contributed by atoms with Crippen LogP contribution in [-0.4, -0.2) is 63.8 Å². The number of ether oxygens (including phenoxy) is 1. The zero-order valence-corrected chi connectivity index (χ0v) is 22.3. The van der Waals surface area contributed by atoms with Crippen LogP contribution in [0.25, 0.3) is 0 Å². The van der Waals surface area contributed by atoms with Crippen molar-refractivity contribution in [3.63, 3.8) is 0 Å². The fourth-order valence-corrected chi connectivity index (χ4v) is 5.33. The second kappa shape index (κ2) is 12.6. The maximum absolute atomic E-state index is 5.54. The summed E-state index contributed by atoms with van der Waals surface area (Å²) in [5.41, 5.74) is 1.17. The van der Waals surface area contributed by atoms with Gasteiger partial charge in [0.2, 0.25) is 0 Å². The number of nitrogens with one attached hydrogen (secondary N) is 2. The van der Waals surface area contributed by atoms with Gasteiger partial charge in [0, 0.05) is 44.1 Å². The van der Waals surface area contributed by atoms with Gasteiger partial charge in [-0.2, -0.15) is 0 Å². The number of methoxy groups -OCH3 is 1. The third kappa shape index (κ3) is 6.74. The number of nitrogens with zero attached hydrogens (tertiary/aromatic N) is 3. The Labute approximate surface area is 213 Å². The molecule has 1 aromatic carbocycles. The minimum Gasteiger partial charge on any atom is -0.495 e. The molecule has 3 heterocycles. The molecule has 8 heteroatoms. The molecule has 1 atom stereocenters. The summed E-state index contributed by atoms with van der Waals surface area (Å²) in [6.45, 7) is 6.46. The second-order valence-electron chi connectivity index (χ2n) is 8.50. The Morgan fingerprint density at radius 2 is 1.94 bits per heavy atom. The number of benzene rings is 1. The summed E-state index contributed by atoms with van der Waals surface area (Å²) in [6, 6.07) is 13.0.